The Bertz CT molecular complexity index is 1380. The highest BCUT2D eigenvalue weighted by Crippen LogP contribution is 2.43. The second-order valence-electron chi connectivity index (χ2n) is 12.7. The summed E-state index contributed by atoms with van der Waals surface area (Å²) >= 11 is 0. The fraction of sp³-hybridized carbons (Fsp3) is 0.489. The lowest BCUT2D eigenvalue weighted by atomic mass is 10.2. The Labute approximate surface area is 344 Å². The summed E-state index contributed by atoms with van der Waals surface area (Å²) in [6.45, 7) is 3.30. The summed E-state index contributed by atoms with van der Waals surface area (Å²) in [5, 5.41) is 0. The van der Waals surface area contributed by atoms with Crippen molar-refractivity contribution in [2.45, 2.75) is 123 Å². The maximum absolute atomic E-state index is 12.5. The first-order valence-corrected chi connectivity index (χ1v) is 22.2. The minimum Gasteiger partial charge on any atom is -0.462 e. The molecule has 0 aromatic carbocycles. The van der Waals surface area contributed by atoms with Crippen LogP contribution in [0.25, 0.3) is 0 Å². The largest absolute Gasteiger partial charge is 0.472 e. The third-order valence-electron chi connectivity index (χ3n) is 7.55. The van der Waals surface area contributed by atoms with Gasteiger partial charge < -0.3 is 20.1 Å². The van der Waals surface area contributed by atoms with Crippen molar-refractivity contribution in [2.75, 3.05) is 26.4 Å². The van der Waals surface area contributed by atoms with Gasteiger partial charge >= 0.3 is 19.8 Å². The van der Waals surface area contributed by atoms with Gasteiger partial charge in [0.15, 0.2) is 6.10 Å². The Morgan fingerprint density at radius 1 is 0.526 bits per heavy atom. The van der Waals surface area contributed by atoms with Crippen molar-refractivity contribution >= 4 is 19.8 Å². The van der Waals surface area contributed by atoms with Crippen LogP contribution < -0.4 is 5.73 Å². The minimum absolute atomic E-state index is 0.0264. The highest BCUT2D eigenvalue weighted by Gasteiger charge is 2.25. The molecule has 0 aliphatic heterocycles. The van der Waals surface area contributed by atoms with E-state index in [4.69, 9.17) is 24.3 Å². The van der Waals surface area contributed by atoms with Crippen LogP contribution in [0.15, 0.2) is 134 Å². The summed E-state index contributed by atoms with van der Waals surface area (Å²) in [7, 11) is -4.42. The molecule has 10 heteroatoms. The number of carbonyl (C=O) groups is 2. The Kier molecular flexibility index (Phi) is 39.0. The molecule has 0 rings (SSSR count). The molecule has 0 aliphatic rings. The number of hydrogen-bond acceptors (Lipinski definition) is 8. The van der Waals surface area contributed by atoms with Gasteiger partial charge in [-0.1, -0.05) is 148 Å². The molecule has 318 valence electrons. The lowest BCUT2D eigenvalue weighted by Gasteiger charge is -2.19. The Hall–Kier alpha value is -3.85. The molecular formula is C47H72NO8P. The normalized spacial score (nSPS) is 14.7. The maximum atomic E-state index is 12.5. The van der Waals surface area contributed by atoms with E-state index in [1.165, 1.54) is 0 Å². The predicted molar refractivity (Wildman–Crippen MR) is 237 cm³/mol. The number of ether oxygens (including phenoxy) is 2. The Balaban J connectivity index is 4.44. The lowest BCUT2D eigenvalue weighted by Crippen LogP contribution is -2.29. The fourth-order valence-corrected chi connectivity index (χ4v) is 5.34. The number of rotatable bonds is 36. The third-order valence-corrected chi connectivity index (χ3v) is 8.53. The van der Waals surface area contributed by atoms with Crippen LogP contribution in [0, 0.1) is 0 Å². The molecular weight excluding hydrogens is 737 g/mol. The first-order chi connectivity index (χ1) is 27.8. The SMILES string of the molecule is CCC=CCC=CCC=CCC=CCC=CCC=CCCC(=O)OC[C@H](COP(=O)(O)OCCN)OC(=O)CCCC=CCC=CCC=CCC=CCC=CCC. The van der Waals surface area contributed by atoms with Gasteiger partial charge in [-0.05, 0) is 89.9 Å². The van der Waals surface area contributed by atoms with Crippen LogP contribution >= 0.6 is 7.82 Å². The number of unbranched alkanes of at least 4 members (excludes halogenated alkanes) is 1. The Morgan fingerprint density at radius 3 is 1.32 bits per heavy atom. The number of hydrogen-bond donors (Lipinski definition) is 2. The number of nitrogens with two attached hydrogens (primary N) is 1. The number of carbonyl (C=O) groups excluding carboxylic acids is 2. The van der Waals surface area contributed by atoms with Gasteiger partial charge in [0.25, 0.3) is 0 Å². The quantitative estimate of drug-likeness (QED) is 0.0274. The number of phosphoric ester groups is 1. The van der Waals surface area contributed by atoms with Crippen LogP contribution in [0.4, 0.5) is 0 Å². The highest BCUT2D eigenvalue weighted by molar-refractivity contribution is 7.47. The Morgan fingerprint density at radius 2 is 0.912 bits per heavy atom. The predicted octanol–water partition coefficient (Wildman–Crippen LogP) is 11.9. The van der Waals surface area contributed by atoms with Crippen molar-refractivity contribution in [3.05, 3.63) is 134 Å². The molecule has 0 aliphatic carbocycles. The third kappa shape index (κ3) is 41.6. The van der Waals surface area contributed by atoms with E-state index >= 15 is 0 Å². The molecule has 0 radical (unpaired) electrons. The number of allylic oxidation sites excluding steroid dienone is 22. The molecule has 0 fully saturated rings. The molecule has 9 nitrogen and oxygen atoms in total. The van der Waals surface area contributed by atoms with Gasteiger partial charge in [0, 0.05) is 19.4 Å². The molecule has 0 aromatic rings. The zero-order chi connectivity index (χ0) is 41.8. The van der Waals surface area contributed by atoms with Gasteiger partial charge in [-0.3, -0.25) is 18.6 Å². The number of phosphoric acid groups is 1. The van der Waals surface area contributed by atoms with Crippen LogP contribution in [0.2, 0.25) is 0 Å². The average Bonchev–Trinajstić information content (AvgIpc) is 3.20. The van der Waals surface area contributed by atoms with Crippen molar-refractivity contribution in [2.24, 2.45) is 5.73 Å². The van der Waals surface area contributed by atoms with Gasteiger partial charge in [0.1, 0.15) is 6.61 Å². The minimum atomic E-state index is -4.42. The van der Waals surface area contributed by atoms with E-state index in [1.54, 1.807) is 0 Å². The van der Waals surface area contributed by atoms with E-state index in [1.807, 2.05) is 18.2 Å². The van der Waals surface area contributed by atoms with Crippen molar-refractivity contribution in [1.29, 1.82) is 0 Å². The number of esters is 2. The van der Waals surface area contributed by atoms with Crippen LogP contribution in [0.1, 0.15) is 117 Å². The first-order valence-electron chi connectivity index (χ1n) is 20.7. The summed E-state index contributed by atoms with van der Waals surface area (Å²) in [5.41, 5.74) is 5.33. The van der Waals surface area contributed by atoms with E-state index in [0.717, 1.165) is 70.6 Å². The zero-order valence-corrected chi connectivity index (χ0v) is 35.6. The molecule has 0 saturated carbocycles. The van der Waals surface area contributed by atoms with Crippen molar-refractivity contribution in [1.82, 2.24) is 0 Å². The van der Waals surface area contributed by atoms with Gasteiger partial charge in [-0.15, -0.1) is 0 Å². The average molecular weight is 810 g/mol. The smallest absolute Gasteiger partial charge is 0.462 e. The molecule has 0 amide bonds. The fourth-order valence-electron chi connectivity index (χ4n) is 4.58. The second-order valence-corrected chi connectivity index (χ2v) is 14.2. The molecule has 1 unspecified atom stereocenters. The van der Waals surface area contributed by atoms with Crippen molar-refractivity contribution < 1.29 is 37.6 Å². The van der Waals surface area contributed by atoms with E-state index in [-0.39, 0.29) is 32.6 Å². The summed E-state index contributed by atoms with van der Waals surface area (Å²) in [5.74, 6) is -1.01. The first kappa shape index (κ1) is 53.1. The van der Waals surface area contributed by atoms with Gasteiger partial charge in [-0.2, -0.15) is 0 Å². The second kappa shape index (κ2) is 41.8. The monoisotopic (exact) mass is 809 g/mol. The van der Waals surface area contributed by atoms with E-state index in [0.29, 0.717) is 19.3 Å². The van der Waals surface area contributed by atoms with Gasteiger partial charge in [0.05, 0.1) is 13.2 Å². The molecule has 0 spiro atoms. The summed E-state index contributed by atoms with van der Waals surface area (Å²) in [6.07, 6.45) is 57.9. The molecule has 57 heavy (non-hydrogen) atoms. The summed E-state index contributed by atoms with van der Waals surface area (Å²) < 4.78 is 32.6. The summed E-state index contributed by atoms with van der Waals surface area (Å²) in [6, 6.07) is 0. The van der Waals surface area contributed by atoms with Crippen molar-refractivity contribution in [3.8, 4) is 0 Å². The standard InChI is InChI=1S/C47H72NO8P/c1-3-5-7-9-11-13-15-17-19-21-22-24-25-27-29-31-33-35-37-39-46(49)53-43-45(44-55-57(51,52)54-42-41-48)56-47(50)40-38-36-34-32-30-28-26-23-20-18-16-14-12-10-8-6-4-2/h5-8,11-14,17-20,22,24,26-29,32-35,45H,3-4,9-10,15-16,21,23,25,30-31,36-44,48H2,1-2H3,(H,51,52)/t45-/m1/s1. The maximum Gasteiger partial charge on any atom is 0.472 e. The molecule has 0 saturated heterocycles. The molecule has 0 aromatic heterocycles. The van der Waals surface area contributed by atoms with E-state index in [2.05, 4.69) is 129 Å². The van der Waals surface area contributed by atoms with Crippen LogP contribution in [-0.4, -0.2) is 49.3 Å². The molecule has 3 N–H and O–H groups in total. The van der Waals surface area contributed by atoms with Crippen LogP contribution in [-0.2, 0) is 32.7 Å². The zero-order valence-electron chi connectivity index (χ0n) is 34.8. The molecule has 2 atom stereocenters. The lowest BCUT2D eigenvalue weighted by molar-refractivity contribution is -0.161. The molecule has 0 bridgehead atoms. The van der Waals surface area contributed by atoms with E-state index < -0.39 is 32.5 Å². The van der Waals surface area contributed by atoms with Crippen LogP contribution in [0.3, 0.4) is 0 Å². The highest BCUT2D eigenvalue weighted by atomic mass is 31.2. The van der Waals surface area contributed by atoms with Gasteiger partial charge in [-0.25, -0.2) is 4.57 Å². The van der Waals surface area contributed by atoms with E-state index in [9.17, 15) is 19.0 Å². The van der Waals surface area contributed by atoms with Crippen LogP contribution in [0.5, 0.6) is 0 Å². The topological polar surface area (TPSA) is 134 Å². The molecule has 0 heterocycles. The summed E-state index contributed by atoms with van der Waals surface area (Å²) in [4.78, 5) is 34.8. The van der Waals surface area contributed by atoms with Crippen molar-refractivity contribution in [3.63, 3.8) is 0 Å². The van der Waals surface area contributed by atoms with Gasteiger partial charge in [0.2, 0.25) is 0 Å².